The fourth-order valence-electron chi connectivity index (χ4n) is 4.16. The van der Waals surface area contributed by atoms with Crippen LogP contribution >= 0.6 is 7.60 Å². The Morgan fingerprint density at radius 3 is 2.37 bits per heavy atom. The number of nitrogens with zero attached hydrogens (tertiary/aromatic N) is 2. The zero-order valence-corrected chi connectivity index (χ0v) is 21.3. The highest BCUT2D eigenvalue weighted by molar-refractivity contribution is 7.53. The molecule has 1 aliphatic rings. The molecule has 0 aliphatic heterocycles. The quantitative estimate of drug-likeness (QED) is 0.311. The summed E-state index contributed by atoms with van der Waals surface area (Å²) in [5.41, 5.74) is 2.20. The molecule has 3 rings (SSSR count). The van der Waals surface area contributed by atoms with Gasteiger partial charge in [0.2, 0.25) is 5.82 Å². The maximum Gasteiger partial charge on any atom is 0.374 e. The van der Waals surface area contributed by atoms with Crippen LogP contribution in [0.15, 0.2) is 24.4 Å². The number of ketones is 1. The van der Waals surface area contributed by atoms with E-state index in [0.29, 0.717) is 11.1 Å². The summed E-state index contributed by atoms with van der Waals surface area (Å²) in [5, 5.41) is 0. The molecule has 35 heavy (non-hydrogen) atoms. The maximum atomic E-state index is 13.4. The molecule has 0 N–H and O–H groups in total. The van der Waals surface area contributed by atoms with Crippen molar-refractivity contribution in [2.75, 3.05) is 26.4 Å². The van der Waals surface area contributed by atoms with Crippen LogP contribution in [0.1, 0.15) is 71.5 Å². The predicted molar refractivity (Wildman–Crippen MR) is 127 cm³/mol. The number of esters is 2. The average molecular weight is 506 g/mol. The molecule has 2 aromatic rings. The molecule has 10 nitrogen and oxygen atoms in total. The lowest BCUT2D eigenvalue weighted by Crippen LogP contribution is -2.21. The molecule has 1 aliphatic carbocycles. The monoisotopic (exact) mass is 506 g/mol. The number of carbonyl (C=O) groups excluding carboxylic acids is 3. The van der Waals surface area contributed by atoms with Gasteiger partial charge in [0, 0.05) is 18.2 Å². The number of rotatable bonds is 12. The highest BCUT2D eigenvalue weighted by Crippen LogP contribution is 2.51. The molecular weight excluding hydrogens is 475 g/mol. The highest BCUT2D eigenvalue weighted by Gasteiger charge is 2.37. The summed E-state index contributed by atoms with van der Waals surface area (Å²) in [6, 6.07) is 4.44. The number of hydrogen-bond acceptors (Lipinski definition) is 9. The Kier molecular flexibility index (Phi) is 8.99. The summed E-state index contributed by atoms with van der Waals surface area (Å²) < 4.78 is 35.4. The van der Waals surface area contributed by atoms with Gasteiger partial charge in [-0.3, -0.25) is 14.2 Å². The number of fused-ring (bicyclic) bond motifs is 1. The highest BCUT2D eigenvalue weighted by atomic mass is 31.2. The van der Waals surface area contributed by atoms with Gasteiger partial charge < -0.3 is 23.1 Å². The molecule has 1 aromatic carbocycles. The van der Waals surface area contributed by atoms with Crippen molar-refractivity contribution in [1.29, 1.82) is 0 Å². The number of Topliss-reactive ketones (excluding diaryl/α,β-unsaturated/α-hetero) is 1. The van der Waals surface area contributed by atoms with Gasteiger partial charge in [0.05, 0.1) is 44.7 Å². The standard InChI is InChI=1S/C24H31N2O8P/c1-5-31-21(27)12-16-10-9-11-18-19(16)13-20(22(18)28)26-14-17(25-23(26)24(29)32-6-2)15-35(30,33-7-3)34-8-4/h9-11,14,20H,5-8,12-13,15H2,1-4H3. The molecule has 1 heterocycles. The van der Waals surface area contributed by atoms with Crippen LogP contribution in [0.3, 0.4) is 0 Å². The molecule has 0 bridgehead atoms. The number of benzene rings is 1. The van der Waals surface area contributed by atoms with Crippen LogP contribution in [0.5, 0.6) is 0 Å². The largest absolute Gasteiger partial charge is 0.466 e. The number of carbonyl (C=O) groups is 3. The fraction of sp³-hybridized carbons (Fsp3) is 0.500. The normalized spacial score (nSPS) is 15.2. The van der Waals surface area contributed by atoms with Crippen molar-refractivity contribution in [3.8, 4) is 0 Å². The summed E-state index contributed by atoms with van der Waals surface area (Å²) in [4.78, 5) is 42.5. The van der Waals surface area contributed by atoms with E-state index in [1.807, 2.05) is 0 Å². The van der Waals surface area contributed by atoms with Crippen molar-refractivity contribution in [3.05, 3.63) is 52.6 Å². The minimum absolute atomic E-state index is 0.0445. The third-order valence-corrected chi connectivity index (χ3v) is 7.48. The van der Waals surface area contributed by atoms with Crippen LogP contribution in [0.2, 0.25) is 0 Å². The van der Waals surface area contributed by atoms with E-state index in [9.17, 15) is 18.9 Å². The molecule has 11 heteroatoms. The van der Waals surface area contributed by atoms with Gasteiger partial charge in [-0.15, -0.1) is 0 Å². The predicted octanol–water partition coefficient (Wildman–Crippen LogP) is 3.91. The summed E-state index contributed by atoms with van der Waals surface area (Å²) >= 11 is 0. The van der Waals surface area contributed by atoms with Gasteiger partial charge in [0.15, 0.2) is 5.78 Å². The van der Waals surface area contributed by atoms with Crippen LogP contribution in [0.25, 0.3) is 0 Å². The second-order valence-electron chi connectivity index (χ2n) is 7.80. The summed E-state index contributed by atoms with van der Waals surface area (Å²) in [7, 11) is -3.49. The van der Waals surface area contributed by atoms with Crippen LogP contribution in [-0.4, -0.2) is 53.7 Å². The minimum atomic E-state index is -3.49. The molecule has 0 saturated heterocycles. The molecule has 190 valence electrons. The Morgan fingerprint density at radius 1 is 1.06 bits per heavy atom. The Labute approximate surface area is 204 Å². The molecular formula is C24H31N2O8P. The van der Waals surface area contributed by atoms with Crippen LogP contribution < -0.4 is 0 Å². The molecule has 1 aromatic heterocycles. The Morgan fingerprint density at radius 2 is 1.74 bits per heavy atom. The Hall–Kier alpha value is -2.81. The molecule has 1 atom stereocenters. The SMILES string of the molecule is CCOC(=O)Cc1cccc2c1CC(n1cc(CP(=O)(OCC)OCC)nc1C(=O)OCC)C2=O. The van der Waals surface area contributed by atoms with Gasteiger partial charge in [-0.2, -0.15) is 0 Å². The second-order valence-corrected chi connectivity index (χ2v) is 9.85. The first-order valence-electron chi connectivity index (χ1n) is 11.7. The molecule has 0 fully saturated rings. The third kappa shape index (κ3) is 6.07. The van der Waals surface area contributed by atoms with E-state index >= 15 is 0 Å². The molecule has 1 unspecified atom stereocenters. The van der Waals surface area contributed by atoms with E-state index in [0.717, 1.165) is 5.56 Å². The Bertz CT molecular complexity index is 1130. The lowest BCUT2D eigenvalue weighted by atomic mass is 10.0. The van der Waals surface area contributed by atoms with Crippen molar-refractivity contribution in [2.24, 2.45) is 0 Å². The molecule has 0 amide bonds. The number of imidazole rings is 1. The maximum absolute atomic E-state index is 13.4. The van der Waals surface area contributed by atoms with Gasteiger partial charge in [-0.1, -0.05) is 18.2 Å². The van der Waals surface area contributed by atoms with Crippen LogP contribution in [-0.2, 0) is 46.9 Å². The van der Waals surface area contributed by atoms with Crippen molar-refractivity contribution >= 4 is 25.3 Å². The zero-order chi connectivity index (χ0) is 25.6. The first kappa shape index (κ1) is 26.8. The van der Waals surface area contributed by atoms with Gasteiger partial charge in [-0.25, -0.2) is 9.78 Å². The topological polar surface area (TPSA) is 123 Å². The van der Waals surface area contributed by atoms with Gasteiger partial charge in [0.1, 0.15) is 6.04 Å². The first-order valence-corrected chi connectivity index (χ1v) is 13.4. The Balaban J connectivity index is 1.98. The number of aromatic nitrogens is 2. The summed E-state index contributed by atoms with van der Waals surface area (Å²) in [6.07, 6.45) is 1.68. The zero-order valence-electron chi connectivity index (χ0n) is 20.4. The van der Waals surface area contributed by atoms with Crippen molar-refractivity contribution < 1.29 is 37.5 Å². The lowest BCUT2D eigenvalue weighted by molar-refractivity contribution is -0.142. The molecule has 0 saturated carbocycles. The van der Waals surface area contributed by atoms with E-state index < -0.39 is 19.6 Å². The van der Waals surface area contributed by atoms with E-state index in [-0.39, 0.29) is 68.7 Å². The van der Waals surface area contributed by atoms with Gasteiger partial charge >= 0.3 is 19.5 Å². The minimum Gasteiger partial charge on any atom is -0.466 e. The van der Waals surface area contributed by atoms with Crippen molar-refractivity contribution in [3.63, 3.8) is 0 Å². The smallest absolute Gasteiger partial charge is 0.374 e. The third-order valence-electron chi connectivity index (χ3n) is 5.46. The summed E-state index contributed by atoms with van der Waals surface area (Å²) in [5.74, 6) is -1.36. The first-order chi connectivity index (χ1) is 16.8. The van der Waals surface area contributed by atoms with E-state index in [2.05, 4.69) is 4.98 Å². The average Bonchev–Trinajstić information content (AvgIpc) is 3.36. The molecule has 0 spiro atoms. The fourth-order valence-corrected chi connectivity index (χ4v) is 5.75. The van der Waals surface area contributed by atoms with E-state index in [4.69, 9.17) is 18.5 Å². The van der Waals surface area contributed by atoms with E-state index in [1.165, 1.54) is 10.8 Å². The summed E-state index contributed by atoms with van der Waals surface area (Å²) in [6.45, 7) is 7.57. The van der Waals surface area contributed by atoms with Crippen molar-refractivity contribution in [1.82, 2.24) is 9.55 Å². The van der Waals surface area contributed by atoms with Crippen molar-refractivity contribution in [2.45, 2.75) is 52.7 Å². The second kappa shape index (κ2) is 11.7. The van der Waals surface area contributed by atoms with E-state index in [1.54, 1.807) is 45.9 Å². The van der Waals surface area contributed by atoms with Gasteiger partial charge in [-0.05, 0) is 38.8 Å². The molecule has 0 radical (unpaired) electrons. The van der Waals surface area contributed by atoms with Crippen LogP contribution in [0.4, 0.5) is 0 Å². The van der Waals surface area contributed by atoms with Crippen LogP contribution in [0, 0.1) is 0 Å². The number of hydrogen-bond donors (Lipinski definition) is 0. The van der Waals surface area contributed by atoms with Gasteiger partial charge in [0.25, 0.3) is 0 Å². The lowest BCUT2D eigenvalue weighted by Gasteiger charge is -2.15. The number of ether oxygens (including phenoxy) is 2.